The fourth-order valence-corrected chi connectivity index (χ4v) is 3.07. The Morgan fingerprint density at radius 1 is 1.26 bits per heavy atom. The van der Waals surface area contributed by atoms with E-state index in [0.29, 0.717) is 5.41 Å². The van der Waals surface area contributed by atoms with Crippen LogP contribution in [-0.2, 0) is 4.74 Å². The standard InChI is InChI=1S/C16H27NOS/c1-4-16(2,14-17-11-12-18-3)10-13-19-15-8-6-5-7-9-15/h5-9,17H,4,10-14H2,1-3H3. The Morgan fingerprint density at radius 3 is 2.63 bits per heavy atom. The van der Waals surface area contributed by atoms with Crippen molar-refractivity contribution in [2.24, 2.45) is 5.41 Å². The summed E-state index contributed by atoms with van der Waals surface area (Å²) >= 11 is 1.95. The van der Waals surface area contributed by atoms with Crippen molar-refractivity contribution < 1.29 is 4.74 Å². The SMILES string of the molecule is CCC(C)(CCSc1ccccc1)CNCCOC. The van der Waals surface area contributed by atoms with Crippen molar-refractivity contribution in [2.75, 3.05) is 32.6 Å². The summed E-state index contributed by atoms with van der Waals surface area (Å²) in [5.41, 5.74) is 0.384. The van der Waals surface area contributed by atoms with E-state index < -0.39 is 0 Å². The second-order valence-electron chi connectivity index (χ2n) is 5.25. The lowest BCUT2D eigenvalue weighted by atomic mass is 9.84. The van der Waals surface area contributed by atoms with Gasteiger partial charge in [-0.05, 0) is 36.1 Å². The minimum Gasteiger partial charge on any atom is -0.383 e. The molecule has 3 heteroatoms. The molecule has 0 spiro atoms. The van der Waals surface area contributed by atoms with Gasteiger partial charge in [-0.2, -0.15) is 0 Å². The van der Waals surface area contributed by atoms with E-state index in [2.05, 4.69) is 49.5 Å². The van der Waals surface area contributed by atoms with Gasteiger partial charge in [0, 0.05) is 25.1 Å². The zero-order chi connectivity index (χ0) is 14.0. The van der Waals surface area contributed by atoms with Crippen molar-refractivity contribution >= 4 is 11.8 Å². The molecule has 0 aliphatic carbocycles. The topological polar surface area (TPSA) is 21.3 Å². The number of hydrogen-bond acceptors (Lipinski definition) is 3. The number of thioether (sulfide) groups is 1. The third-order valence-corrected chi connectivity index (χ3v) is 4.62. The van der Waals surface area contributed by atoms with E-state index in [9.17, 15) is 0 Å². The van der Waals surface area contributed by atoms with Gasteiger partial charge >= 0.3 is 0 Å². The first-order valence-corrected chi connectivity index (χ1v) is 8.06. The van der Waals surface area contributed by atoms with Gasteiger partial charge in [0.2, 0.25) is 0 Å². The van der Waals surface area contributed by atoms with Gasteiger partial charge in [-0.15, -0.1) is 11.8 Å². The highest BCUT2D eigenvalue weighted by Gasteiger charge is 2.21. The molecular weight excluding hydrogens is 254 g/mol. The van der Waals surface area contributed by atoms with Crippen LogP contribution >= 0.6 is 11.8 Å². The van der Waals surface area contributed by atoms with Gasteiger partial charge in [-0.1, -0.05) is 32.0 Å². The summed E-state index contributed by atoms with van der Waals surface area (Å²) in [4.78, 5) is 1.37. The molecule has 2 nitrogen and oxygen atoms in total. The van der Waals surface area contributed by atoms with E-state index in [4.69, 9.17) is 4.74 Å². The first-order valence-electron chi connectivity index (χ1n) is 7.08. The van der Waals surface area contributed by atoms with Crippen molar-refractivity contribution in [1.82, 2.24) is 5.32 Å². The van der Waals surface area contributed by atoms with Crippen molar-refractivity contribution in [2.45, 2.75) is 31.6 Å². The van der Waals surface area contributed by atoms with E-state index in [-0.39, 0.29) is 0 Å². The van der Waals surface area contributed by atoms with Gasteiger partial charge in [0.05, 0.1) is 6.61 Å². The van der Waals surface area contributed by atoms with Gasteiger partial charge in [0.15, 0.2) is 0 Å². The van der Waals surface area contributed by atoms with Crippen LogP contribution in [0.3, 0.4) is 0 Å². The molecule has 1 rings (SSSR count). The van der Waals surface area contributed by atoms with Crippen LogP contribution in [0.1, 0.15) is 26.7 Å². The van der Waals surface area contributed by atoms with Crippen molar-refractivity contribution in [3.8, 4) is 0 Å². The average molecular weight is 281 g/mol. The second kappa shape index (κ2) is 9.40. The van der Waals surface area contributed by atoms with Crippen molar-refractivity contribution in [1.29, 1.82) is 0 Å². The van der Waals surface area contributed by atoms with Crippen molar-refractivity contribution in [3.63, 3.8) is 0 Å². The lowest BCUT2D eigenvalue weighted by Gasteiger charge is -2.28. The smallest absolute Gasteiger partial charge is 0.0587 e. The highest BCUT2D eigenvalue weighted by molar-refractivity contribution is 7.99. The molecule has 0 bridgehead atoms. The van der Waals surface area contributed by atoms with Crippen LogP contribution in [0.15, 0.2) is 35.2 Å². The highest BCUT2D eigenvalue weighted by Crippen LogP contribution is 2.29. The van der Waals surface area contributed by atoms with Crippen LogP contribution in [-0.4, -0.2) is 32.6 Å². The molecule has 0 radical (unpaired) electrons. The maximum Gasteiger partial charge on any atom is 0.0587 e. The van der Waals surface area contributed by atoms with Gasteiger partial charge in [0.25, 0.3) is 0 Å². The second-order valence-corrected chi connectivity index (χ2v) is 6.41. The fraction of sp³-hybridized carbons (Fsp3) is 0.625. The Balaban J connectivity index is 2.26. The molecule has 1 aromatic carbocycles. The zero-order valence-electron chi connectivity index (χ0n) is 12.4. The third-order valence-electron chi connectivity index (χ3n) is 3.61. The molecule has 0 amide bonds. The monoisotopic (exact) mass is 281 g/mol. The first-order chi connectivity index (χ1) is 9.20. The molecular formula is C16H27NOS. The summed E-state index contributed by atoms with van der Waals surface area (Å²) in [6.45, 7) is 7.46. The Morgan fingerprint density at radius 2 is 2.00 bits per heavy atom. The maximum absolute atomic E-state index is 5.06. The van der Waals surface area contributed by atoms with Crippen LogP contribution in [0.25, 0.3) is 0 Å². The number of ether oxygens (including phenoxy) is 1. The molecule has 1 aromatic rings. The predicted octanol–water partition coefficient (Wildman–Crippen LogP) is 3.82. The lowest BCUT2D eigenvalue weighted by Crippen LogP contribution is -2.33. The van der Waals surface area contributed by atoms with E-state index in [1.165, 1.54) is 23.5 Å². The Hall–Kier alpha value is -0.510. The van der Waals surface area contributed by atoms with E-state index in [1.54, 1.807) is 7.11 Å². The zero-order valence-corrected chi connectivity index (χ0v) is 13.3. The molecule has 0 heterocycles. The lowest BCUT2D eigenvalue weighted by molar-refractivity contribution is 0.190. The summed E-state index contributed by atoms with van der Waals surface area (Å²) in [6, 6.07) is 10.6. The molecule has 0 saturated carbocycles. The quantitative estimate of drug-likeness (QED) is 0.520. The first kappa shape index (κ1) is 16.5. The minimum absolute atomic E-state index is 0.384. The van der Waals surface area contributed by atoms with Gasteiger partial charge in [-0.3, -0.25) is 0 Å². The summed E-state index contributed by atoms with van der Waals surface area (Å²) < 4.78 is 5.06. The minimum atomic E-state index is 0.384. The summed E-state index contributed by atoms with van der Waals surface area (Å²) in [7, 11) is 1.75. The number of hydrogen-bond donors (Lipinski definition) is 1. The third kappa shape index (κ3) is 7.00. The molecule has 0 aliphatic rings. The van der Waals surface area contributed by atoms with Crippen LogP contribution in [0.5, 0.6) is 0 Å². The number of benzene rings is 1. The predicted molar refractivity (Wildman–Crippen MR) is 84.9 cm³/mol. The van der Waals surface area contributed by atoms with Gasteiger partial charge in [-0.25, -0.2) is 0 Å². The summed E-state index contributed by atoms with van der Waals surface area (Å²) in [6.07, 6.45) is 2.45. The van der Waals surface area contributed by atoms with E-state index in [0.717, 1.165) is 19.7 Å². The van der Waals surface area contributed by atoms with Gasteiger partial charge < -0.3 is 10.1 Å². The number of methoxy groups -OCH3 is 1. The fourth-order valence-electron chi connectivity index (χ4n) is 1.89. The number of nitrogens with one attached hydrogen (secondary N) is 1. The molecule has 1 N–H and O–H groups in total. The molecule has 108 valence electrons. The summed E-state index contributed by atoms with van der Waals surface area (Å²) in [5, 5.41) is 3.49. The molecule has 0 aliphatic heterocycles. The molecule has 1 atom stereocenters. The molecule has 1 unspecified atom stereocenters. The van der Waals surface area contributed by atoms with Gasteiger partial charge in [0.1, 0.15) is 0 Å². The largest absolute Gasteiger partial charge is 0.383 e. The molecule has 0 aromatic heterocycles. The van der Waals surface area contributed by atoms with Crippen LogP contribution in [0.4, 0.5) is 0 Å². The Labute approximate surface area is 122 Å². The molecule has 19 heavy (non-hydrogen) atoms. The van der Waals surface area contributed by atoms with Crippen LogP contribution < -0.4 is 5.32 Å². The molecule has 0 fully saturated rings. The van der Waals surface area contributed by atoms with Crippen molar-refractivity contribution in [3.05, 3.63) is 30.3 Å². The van der Waals surface area contributed by atoms with Crippen LogP contribution in [0, 0.1) is 5.41 Å². The maximum atomic E-state index is 5.06. The highest BCUT2D eigenvalue weighted by atomic mass is 32.2. The summed E-state index contributed by atoms with van der Waals surface area (Å²) in [5.74, 6) is 1.18. The van der Waals surface area contributed by atoms with E-state index >= 15 is 0 Å². The Bertz CT molecular complexity index is 331. The van der Waals surface area contributed by atoms with E-state index in [1.807, 2.05) is 11.8 Å². The normalized spacial score (nSPS) is 14.3. The van der Waals surface area contributed by atoms with Crippen LogP contribution in [0.2, 0.25) is 0 Å². The Kier molecular flexibility index (Phi) is 8.19. The molecule has 0 saturated heterocycles. The number of rotatable bonds is 10. The average Bonchev–Trinajstić information content (AvgIpc) is 2.45.